The predicted octanol–water partition coefficient (Wildman–Crippen LogP) is 1.12. The standard InChI is InChI=1S/C10H20N2O/c1-3-8-6-5-7-12(8)9(4-2)10(11)13/h8-9H,3-7H2,1-2H3,(H2,11,13). The minimum Gasteiger partial charge on any atom is -0.368 e. The second-order valence-corrected chi connectivity index (χ2v) is 3.77. The molecule has 0 aromatic rings. The third-order valence-corrected chi connectivity index (χ3v) is 3.01. The maximum Gasteiger partial charge on any atom is 0.234 e. The fourth-order valence-electron chi connectivity index (χ4n) is 2.31. The number of carbonyl (C=O) groups is 1. The second-order valence-electron chi connectivity index (χ2n) is 3.77. The number of nitrogens with zero attached hydrogens (tertiary/aromatic N) is 1. The zero-order chi connectivity index (χ0) is 9.84. The maximum absolute atomic E-state index is 11.2. The highest BCUT2D eigenvalue weighted by Crippen LogP contribution is 2.23. The summed E-state index contributed by atoms with van der Waals surface area (Å²) in [5, 5.41) is 0. The summed E-state index contributed by atoms with van der Waals surface area (Å²) in [6.45, 7) is 5.25. The molecule has 0 aromatic carbocycles. The molecule has 1 aliphatic rings. The van der Waals surface area contributed by atoms with Gasteiger partial charge in [-0.05, 0) is 32.2 Å². The number of primary amides is 1. The molecule has 0 spiro atoms. The number of amides is 1. The van der Waals surface area contributed by atoms with Crippen molar-refractivity contribution in [2.24, 2.45) is 5.73 Å². The average Bonchev–Trinajstić information content (AvgIpc) is 2.53. The molecule has 1 aliphatic heterocycles. The molecule has 0 saturated carbocycles. The van der Waals surface area contributed by atoms with Crippen LogP contribution in [0.15, 0.2) is 0 Å². The van der Waals surface area contributed by atoms with Crippen LogP contribution in [0, 0.1) is 0 Å². The maximum atomic E-state index is 11.2. The van der Waals surface area contributed by atoms with E-state index in [2.05, 4.69) is 11.8 Å². The Labute approximate surface area is 80.3 Å². The van der Waals surface area contributed by atoms with Crippen molar-refractivity contribution in [2.75, 3.05) is 6.54 Å². The van der Waals surface area contributed by atoms with Crippen molar-refractivity contribution in [1.29, 1.82) is 0 Å². The summed E-state index contributed by atoms with van der Waals surface area (Å²) >= 11 is 0. The molecule has 0 radical (unpaired) electrons. The molecule has 1 rings (SSSR count). The Morgan fingerprint density at radius 1 is 1.62 bits per heavy atom. The molecule has 0 aromatic heterocycles. The monoisotopic (exact) mass is 184 g/mol. The number of hydrogen-bond acceptors (Lipinski definition) is 2. The minimum atomic E-state index is -0.164. The Bertz CT molecular complexity index is 182. The summed E-state index contributed by atoms with van der Waals surface area (Å²) in [6.07, 6.45) is 4.40. The minimum absolute atomic E-state index is 0.0348. The van der Waals surface area contributed by atoms with Gasteiger partial charge in [0.05, 0.1) is 6.04 Å². The number of nitrogens with two attached hydrogens (primary N) is 1. The zero-order valence-corrected chi connectivity index (χ0v) is 8.62. The topological polar surface area (TPSA) is 46.3 Å². The van der Waals surface area contributed by atoms with Gasteiger partial charge in [-0.3, -0.25) is 9.69 Å². The van der Waals surface area contributed by atoms with Gasteiger partial charge in [0.25, 0.3) is 0 Å². The lowest BCUT2D eigenvalue weighted by Crippen LogP contribution is -2.46. The van der Waals surface area contributed by atoms with Gasteiger partial charge >= 0.3 is 0 Å². The molecule has 1 amide bonds. The zero-order valence-electron chi connectivity index (χ0n) is 8.62. The third kappa shape index (κ3) is 2.21. The smallest absolute Gasteiger partial charge is 0.234 e. The molecule has 76 valence electrons. The van der Waals surface area contributed by atoms with E-state index in [0.29, 0.717) is 6.04 Å². The Balaban J connectivity index is 2.61. The highest BCUT2D eigenvalue weighted by molar-refractivity contribution is 5.79. The van der Waals surface area contributed by atoms with Gasteiger partial charge in [-0.25, -0.2) is 0 Å². The third-order valence-electron chi connectivity index (χ3n) is 3.01. The van der Waals surface area contributed by atoms with Crippen LogP contribution in [-0.4, -0.2) is 29.4 Å². The summed E-state index contributed by atoms with van der Waals surface area (Å²) < 4.78 is 0. The van der Waals surface area contributed by atoms with Crippen molar-refractivity contribution in [3.05, 3.63) is 0 Å². The lowest BCUT2D eigenvalue weighted by Gasteiger charge is -2.29. The lowest BCUT2D eigenvalue weighted by molar-refractivity contribution is -0.123. The van der Waals surface area contributed by atoms with Gasteiger partial charge in [-0.2, -0.15) is 0 Å². The summed E-state index contributed by atoms with van der Waals surface area (Å²) in [7, 11) is 0. The molecular formula is C10H20N2O. The van der Waals surface area contributed by atoms with Crippen LogP contribution in [0.25, 0.3) is 0 Å². The van der Waals surface area contributed by atoms with Gasteiger partial charge < -0.3 is 5.73 Å². The van der Waals surface area contributed by atoms with E-state index in [9.17, 15) is 4.79 Å². The van der Waals surface area contributed by atoms with Gasteiger partial charge in [0.2, 0.25) is 5.91 Å². The summed E-state index contributed by atoms with van der Waals surface area (Å²) in [5.74, 6) is -0.164. The molecule has 2 atom stereocenters. The van der Waals surface area contributed by atoms with E-state index < -0.39 is 0 Å². The number of carbonyl (C=O) groups excluding carboxylic acids is 1. The first-order valence-electron chi connectivity index (χ1n) is 5.25. The van der Waals surface area contributed by atoms with Crippen LogP contribution in [0.5, 0.6) is 0 Å². The molecule has 13 heavy (non-hydrogen) atoms. The van der Waals surface area contributed by atoms with Crippen LogP contribution in [0.3, 0.4) is 0 Å². The Hall–Kier alpha value is -0.570. The summed E-state index contributed by atoms with van der Waals surface area (Å²) in [6, 6.07) is 0.546. The van der Waals surface area contributed by atoms with Crippen molar-refractivity contribution in [1.82, 2.24) is 4.90 Å². The first-order valence-corrected chi connectivity index (χ1v) is 5.25. The first-order chi connectivity index (χ1) is 6.20. The van der Waals surface area contributed by atoms with Crippen LogP contribution < -0.4 is 5.73 Å². The number of rotatable bonds is 4. The number of hydrogen-bond donors (Lipinski definition) is 1. The quantitative estimate of drug-likeness (QED) is 0.711. The van der Waals surface area contributed by atoms with E-state index in [1.165, 1.54) is 12.8 Å². The molecule has 2 N–H and O–H groups in total. The lowest BCUT2D eigenvalue weighted by atomic mass is 10.1. The summed E-state index contributed by atoms with van der Waals surface area (Å²) in [5.41, 5.74) is 5.36. The van der Waals surface area contributed by atoms with Gasteiger partial charge in [0, 0.05) is 6.04 Å². The van der Waals surface area contributed by atoms with Crippen LogP contribution in [0.4, 0.5) is 0 Å². The van der Waals surface area contributed by atoms with E-state index >= 15 is 0 Å². The van der Waals surface area contributed by atoms with Crippen molar-refractivity contribution in [3.63, 3.8) is 0 Å². The fraction of sp³-hybridized carbons (Fsp3) is 0.900. The van der Waals surface area contributed by atoms with Gasteiger partial charge in [0.1, 0.15) is 0 Å². The largest absolute Gasteiger partial charge is 0.368 e. The average molecular weight is 184 g/mol. The molecule has 3 nitrogen and oxygen atoms in total. The van der Waals surface area contributed by atoms with Crippen LogP contribution in [-0.2, 0) is 4.79 Å². The Kier molecular flexibility index (Phi) is 3.72. The fourth-order valence-corrected chi connectivity index (χ4v) is 2.31. The van der Waals surface area contributed by atoms with Crippen molar-refractivity contribution < 1.29 is 4.79 Å². The first kappa shape index (κ1) is 10.5. The predicted molar refractivity (Wildman–Crippen MR) is 53.3 cm³/mol. The van der Waals surface area contributed by atoms with Gasteiger partial charge in [-0.15, -0.1) is 0 Å². The Morgan fingerprint density at radius 3 is 2.77 bits per heavy atom. The molecule has 1 fully saturated rings. The SMILES string of the molecule is CCC1CCCN1C(CC)C(N)=O. The van der Waals surface area contributed by atoms with Gasteiger partial charge in [0.15, 0.2) is 0 Å². The highest BCUT2D eigenvalue weighted by atomic mass is 16.1. The summed E-state index contributed by atoms with van der Waals surface area (Å²) in [4.78, 5) is 13.4. The van der Waals surface area contributed by atoms with E-state index in [4.69, 9.17) is 5.73 Å². The molecule has 2 unspecified atom stereocenters. The van der Waals surface area contributed by atoms with Crippen molar-refractivity contribution >= 4 is 5.91 Å². The van der Waals surface area contributed by atoms with Crippen molar-refractivity contribution in [3.8, 4) is 0 Å². The Morgan fingerprint density at radius 2 is 2.31 bits per heavy atom. The molecule has 0 aliphatic carbocycles. The molecular weight excluding hydrogens is 164 g/mol. The van der Waals surface area contributed by atoms with E-state index in [0.717, 1.165) is 19.4 Å². The second kappa shape index (κ2) is 4.61. The van der Waals surface area contributed by atoms with E-state index in [-0.39, 0.29) is 11.9 Å². The molecule has 1 heterocycles. The number of likely N-dealkylation sites (tertiary alicyclic amines) is 1. The molecule has 1 saturated heterocycles. The van der Waals surface area contributed by atoms with Gasteiger partial charge in [-0.1, -0.05) is 13.8 Å². The highest BCUT2D eigenvalue weighted by Gasteiger charge is 2.31. The van der Waals surface area contributed by atoms with Crippen LogP contribution >= 0.6 is 0 Å². The van der Waals surface area contributed by atoms with E-state index in [1.807, 2.05) is 6.92 Å². The van der Waals surface area contributed by atoms with E-state index in [1.54, 1.807) is 0 Å². The normalized spacial score (nSPS) is 26.2. The van der Waals surface area contributed by atoms with Crippen LogP contribution in [0.1, 0.15) is 39.5 Å². The molecule has 3 heteroatoms. The van der Waals surface area contributed by atoms with Crippen LogP contribution in [0.2, 0.25) is 0 Å². The van der Waals surface area contributed by atoms with Crippen molar-refractivity contribution in [2.45, 2.75) is 51.6 Å². The molecule has 0 bridgehead atoms.